The van der Waals surface area contributed by atoms with Crippen molar-refractivity contribution in [2.45, 2.75) is 29.3 Å². The highest BCUT2D eigenvalue weighted by Gasteiger charge is 2.53. The first-order valence-electron chi connectivity index (χ1n) is 10.8. The Kier molecular flexibility index (Phi) is 9.34. The number of carbonyl (C=O) groups is 2. The Bertz CT molecular complexity index is 1450. The summed E-state index contributed by atoms with van der Waals surface area (Å²) in [4.78, 5) is 31.5. The molecule has 38 heavy (non-hydrogen) atoms. The molecule has 2 aromatic rings. The van der Waals surface area contributed by atoms with Gasteiger partial charge < -0.3 is 15.5 Å². The third-order valence-electron chi connectivity index (χ3n) is 5.54. The van der Waals surface area contributed by atoms with Crippen molar-refractivity contribution in [2.75, 3.05) is 11.5 Å². The number of aliphatic hydroxyl groups is 1. The first-order valence-corrected chi connectivity index (χ1v) is 15.1. The van der Waals surface area contributed by atoms with Crippen LogP contribution in [-0.4, -0.2) is 73.4 Å². The zero-order valence-electron chi connectivity index (χ0n) is 19.2. The number of thiocarbonyl (C=S) groups is 1. The molecule has 2 aliphatic rings. The van der Waals surface area contributed by atoms with E-state index in [9.17, 15) is 28.2 Å². The van der Waals surface area contributed by atoms with Gasteiger partial charge in [0.2, 0.25) is 21.9 Å². The summed E-state index contributed by atoms with van der Waals surface area (Å²) in [6, 6.07) is 6.06. The Balaban J connectivity index is 1.40. The van der Waals surface area contributed by atoms with Gasteiger partial charge in [0.05, 0.1) is 4.99 Å². The topological polar surface area (TPSA) is 141 Å². The molecule has 0 saturated carbocycles. The monoisotopic (exact) mass is 633 g/mol. The van der Waals surface area contributed by atoms with Crippen LogP contribution in [0.3, 0.4) is 0 Å². The molecule has 2 atom stereocenters. The number of carbonyl (C=O) groups excluding carboxylic acids is 1. The van der Waals surface area contributed by atoms with Crippen molar-refractivity contribution < 1.29 is 32.8 Å². The van der Waals surface area contributed by atoms with E-state index in [4.69, 9.17) is 35.4 Å². The second-order valence-corrected chi connectivity index (χ2v) is 12.5. The lowest BCUT2D eigenvalue weighted by molar-refractivity contribution is -0.683. The van der Waals surface area contributed by atoms with Gasteiger partial charge in [-0.05, 0) is 23.3 Å². The lowest BCUT2D eigenvalue weighted by Gasteiger charge is -2.49. The number of aliphatic carboxylic acids is 1. The highest BCUT2D eigenvalue weighted by Crippen LogP contribution is 2.41. The fraction of sp³-hybridized carbons (Fsp3) is 0.273. The van der Waals surface area contributed by atoms with E-state index >= 15 is 0 Å². The van der Waals surface area contributed by atoms with E-state index in [-0.39, 0.29) is 28.5 Å². The summed E-state index contributed by atoms with van der Waals surface area (Å²) in [6.07, 6.45) is 3.51. The number of carboxylic acid groups (broad SMARTS) is 1. The molecule has 3 N–H and O–H groups in total. The van der Waals surface area contributed by atoms with E-state index in [1.54, 1.807) is 36.7 Å². The maximum absolute atomic E-state index is 13.0. The second-order valence-electron chi connectivity index (χ2n) is 8.13. The third kappa shape index (κ3) is 6.68. The number of hydrogen-bond acceptors (Lipinski definition) is 8. The summed E-state index contributed by atoms with van der Waals surface area (Å²) in [5.74, 6) is -0.780. The number of aromatic nitrogens is 2. The predicted molar refractivity (Wildman–Crippen MR) is 149 cm³/mol. The van der Waals surface area contributed by atoms with Crippen LogP contribution in [0.5, 0.6) is 0 Å². The van der Waals surface area contributed by atoms with E-state index in [0.717, 1.165) is 10.5 Å². The Morgan fingerprint density at radius 3 is 2.53 bits per heavy atom. The van der Waals surface area contributed by atoms with Crippen LogP contribution in [0, 0.1) is 0 Å². The Morgan fingerprint density at radius 2 is 1.92 bits per heavy atom. The molecule has 0 bridgehead atoms. The number of β-lactam (4-membered cyclic amide) rings is 1. The van der Waals surface area contributed by atoms with Gasteiger partial charge in [-0.25, -0.2) is 9.78 Å². The van der Waals surface area contributed by atoms with Crippen LogP contribution in [0.1, 0.15) is 5.56 Å². The minimum absolute atomic E-state index is 0.0219. The Hall–Kier alpha value is -2.20. The summed E-state index contributed by atoms with van der Waals surface area (Å²) in [5.41, 5.74) is 1.33. The number of nitrogens with zero attached hydrogens (tertiary/aromatic N) is 3. The largest absolute Gasteiger partial charge is 0.477 e. The average molecular weight is 635 g/mol. The van der Waals surface area contributed by atoms with Gasteiger partial charge in [0.15, 0.2) is 12.4 Å². The van der Waals surface area contributed by atoms with Crippen LogP contribution in [0.25, 0.3) is 0 Å². The number of nitrogens with one attached hydrogen (secondary N) is 1. The van der Waals surface area contributed by atoms with E-state index in [0.29, 0.717) is 28.5 Å². The molecule has 0 spiro atoms. The summed E-state index contributed by atoms with van der Waals surface area (Å²) in [5, 5.41) is 21.7. The molecule has 1 saturated heterocycles. The van der Waals surface area contributed by atoms with Crippen molar-refractivity contribution in [3.8, 4) is 0 Å². The summed E-state index contributed by atoms with van der Waals surface area (Å²) < 4.78 is 23.0. The zero-order valence-corrected chi connectivity index (χ0v) is 24.0. The molecule has 0 aliphatic carbocycles. The predicted octanol–water partition coefficient (Wildman–Crippen LogP) is 2.12. The molecule has 16 heteroatoms. The second kappa shape index (κ2) is 12.3. The number of halogens is 2. The van der Waals surface area contributed by atoms with Gasteiger partial charge in [-0.3, -0.25) is 9.69 Å². The average Bonchev–Trinajstić information content (AvgIpc) is 2.85. The molecule has 1 fully saturated rings. The van der Waals surface area contributed by atoms with Gasteiger partial charge in [0, 0.05) is 35.0 Å². The Morgan fingerprint density at radius 1 is 1.26 bits per heavy atom. The van der Waals surface area contributed by atoms with Crippen LogP contribution < -0.4 is 9.88 Å². The van der Waals surface area contributed by atoms with Gasteiger partial charge in [0.1, 0.15) is 27.4 Å². The number of pyridine rings is 2. The van der Waals surface area contributed by atoms with Crippen LogP contribution in [0.15, 0.2) is 52.8 Å². The molecule has 4 heterocycles. The minimum atomic E-state index is -2.68. The lowest BCUT2D eigenvalue weighted by Crippen LogP contribution is -2.70. The van der Waals surface area contributed by atoms with Crippen LogP contribution >= 0.6 is 58.9 Å². The van der Waals surface area contributed by atoms with Crippen LogP contribution in [0.2, 0.25) is 10.3 Å². The smallest absolute Gasteiger partial charge is 0.352 e. The number of thioether (sulfide) groups is 2. The maximum Gasteiger partial charge on any atom is 0.352 e. The van der Waals surface area contributed by atoms with E-state index in [1.165, 1.54) is 33.0 Å². The van der Waals surface area contributed by atoms with E-state index < -0.39 is 32.7 Å². The summed E-state index contributed by atoms with van der Waals surface area (Å²) in [6.45, 7) is -0.187. The summed E-state index contributed by atoms with van der Waals surface area (Å²) in [7, 11) is -2.68. The van der Waals surface area contributed by atoms with E-state index in [2.05, 4.69) is 10.3 Å². The Labute approximate surface area is 242 Å². The number of amides is 1. The molecular formula is C22H19Cl2N4O6S4+. The van der Waals surface area contributed by atoms with Crippen molar-refractivity contribution in [2.24, 2.45) is 0 Å². The number of fused-ring (bicyclic) bond motifs is 1. The molecule has 200 valence electrons. The fourth-order valence-corrected chi connectivity index (χ4v) is 7.27. The van der Waals surface area contributed by atoms with Crippen molar-refractivity contribution in [1.82, 2.24) is 15.2 Å². The molecular weight excluding hydrogens is 615 g/mol. The molecule has 2 aliphatic heterocycles. The summed E-state index contributed by atoms with van der Waals surface area (Å²) >= 11 is 20.1. The van der Waals surface area contributed by atoms with Crippen molar-refractivity contribution in [1.29, 1.82) is 0 Å². The first-order chi connectivity index (χ1) is 18.0. The lowest BCUT2D eigenvalue weighted by atomic mass is 10.0. The molecule has 4 rings (SSSR count). The number of aliphatic hydroxyl groups excluding tert-OH is 1. The van der Waals surface area contributed by atoms with Crippen molar-refractivity contribution in [3.63, 3.8) is 0 Å². The highest BCUT2D eigenvalue weighted by atomic mass is 35.5. The molecule has 2 aromatic heterocycles. The highest BCUT2D eigenvalue weighted by molar-refractivity contribution is 8.01. The SMILES string of the molecule is O=C(O)C1=C(CSc2cc[n+](CC(O)=S(=O)=O)cc2)CS[C@@H]2[C@H](NC(=S)Cc3cc(Cl)nc(Cl)c3)C(=O)N12. The molecule has 10 nitrogen and oxygen atoms in total. The zero-order chi connectivity index (χ0) is 27.6. The minimum Gasteiger partial charge on any atom is -0.477 e. The maximum atomic E-state index is 13.0. The number of hydrogen-bond donors (Lipinski definition) is 3. The standard InChI is InChI=1S/C22H18Cl2N4O6S4/c23-14-5-11(6-15(24)25-14)7-16(35)26-18-20(30)28-19(22(31)32)12(10-37-21(18)28)9-36-13-1-3-27(4-2-13)8-17(29)38(33)34/h1-6,18,21H,7-10H2,(H2-,26,29,31,32,35)/p+1/t18-,21-/m1/s1. The van der Waals surface area contributed by atoms with Crippen LogP contribution in [0.4, 0.5) is 0 Å². The number of rotatable bonds is 9. The first kappa shape index (κ1) is 28.8. The van der Waals surface area contributed by atoms with Gasteiger partial charge in [-0.15, -0.1) is 23.5 Å². The van der Waals surface area contributed by atoms with Crippen LogP contribution in [-0.2, 0) is 32.8 Å². The van der Waals surface area contributed by atoms with Gasteiger partial charge in [-0.1, -0.05) is 35.4 Å². The molecule has 1 amide bonds. The quantitative estimate of drug-likeness (QED) is 0.123. The fourth-order valence-electron chi connectivity index (χ4n) is 3.85. The van der Waals surface area contributed by atoms with Crippen molar-refractivity contribution >= 4 is 91.2 Å². The van der Waals surface area contributed by atoms with Gasteiger partial charge >= 0.3 is 5.97 Å². The van der Waals surface area contributed by atoms with Crippen molar-refractivity contribution in [3.05, 3.63) is 63.8 Å². The van der Waals surface area contributed by atoms with Gasteiger partial charge in [0.25, 0.3) is 5.91 Å². The van der Waals surface area contributed by atoms with Gasteiger partial charge in [-0.2, -0.15) is 13.0 Å². The normalized spacial score (nSPS) is 18.5. The molecule has 0 aromatic carbocycles. The van der Waals surface area contributed by atoms with E-state index in [1.807, 2.05) is 0 Å². The third-order valence-corrected chi connectivity index (χ3v) is 9.14. The molecule has 0 radical (unpaired) electrons. The number of carboxylic acids is 1. The molecule has 0 unspecified atom stereocenters.